The topological polar surface area (TPSA) is 163 Å². The van der Waals surface area contributed by atoms with Crippen molar-refractivity contribution >= 4 is 23.9 Å². The highest BCUT2D eigenvalue weighted by atomic mass is 16.7. The predicted molar refractivity (Wildman–Crippen MR) is 137 cm³/mol. The molecule has 0 aliphatic carbocycles. The van der Waals surface area contributed by atoms with Crippen LogP contribution in [0.3, 0.4) is 0 Å². The summed E-state index contributed by atoms with van der Waals surface area (Å²) in [6.07, 6.45) is -8.35. The van der Waals surface area contributed by atoms with Crippen molar-refractivity contribution in [3.8, 4) is 0 Å². The van der Waals surface area contributed by atoms with Gasteiger partial charge in [-0.3, -0.25) is 0 Å². The van der Waals surface area contributed by atoms with Crippen LogP contribution in [0.1, 0.15) is 31.1 Å². The van der Waals surface area contributed by atoms with Gasteiger partial charge in [0.1, 0.15) is 0 Å². The van der Waals surface area contributed by atoms with Crippen LogP contribution in [0.5, 0.6) is 0 Å². The number of nitrogens with zero attached hydrogens (tertiary/aromatic N) is 3. The average molecular weight is 546 g/mol. The molecule has 1 saturated heterocycles. The summed E-state index contributed by atoms with van der Waals surface area (Å²) in [5, 5.41) is 3.52. The number of carbonyl (C=O) groups is 4. The van der Waals surface area contributed by atoms with Gasteiger partial charge in [-0.25, -0.2) is 19.2 Å². The summed E-state index contributed by atoms with van der Waals surface area (Å²) in [7, 11) is 1.07. The molecule has 1 fully saturated rings. The lowest BCUT2D eigenvalue weighted by Crippen LogP contribution is -2.63. The van der Waals surface area contributed by atoms with Crippen molar-refractivity contribution in [1.29, 1.82) is 0 Å². The summed E-state index contributed by atoms with van der Waals surface area (Å²) in [4.78, 5) is 54.8. The van der Waals surface area contributed by atoms with Crippen LogP contribution < -0.4 is 0 Å². The zero-order valence-corrected chi connectivity index (χ0v) is 21.1. The fourth-order valence-corrected chi connectivity index (χ4v) is 3.96. The van der Waals surface area contributed by atoms with E-state index in [1.807, 2.05) is 0 Å². The molecule has 12 nitrogen and oxygen atoms in total. The molecule has 3 aromatic carbocycles. The highest BCUT2D eigenvalue weighted by molar-refractivity contribution is 5.91. The van der Waals surface area contributed by atoms with Gasteiger partial charge in [-0.1, -0.05) is 59.7 Å². The summed E-state index contributed by atoms with van der Waals surface area (Å²) in [5.74, 6) is -3.67. The predicted octanol–water partition coefficient (Wildman–Crippen LogP) is 3.87. The van der Waals surface area contributed by atoms with Crippen molar-refractivity contribution in [3.05, 3.63) is 118 Å². The minimum Gasteiger partial charge on any atom is -0.467 e. The van der Waals surface area contributed by atoms with E-state index in [2.05, 4.69) is 10.0 Å². The number of rotatable bonds is 8. The molecule has 0 aromatic heterocycles. The molecule has 40 heavy (non-hydrogen) atoms. The van der Waals surface area contributed by atoms with Crippen molar-refractivity contribution in [1.82, 2.24) is 0 Å². The number of ether oxygens (including phenoxy) is 5. The molecule has 1 heterocycles. The molecule has 0 unspecified atom stereocenters. The van der Waals surface area contributed by atoms with E-state index in [4.69, 9.17) is 23.7 Å². The van der Waals surface area contributed by atoms with Crippen LogP contribution in [0, 0.1) is 0 Å². The number of methoxy groups -OCH3 is 1. The minimum absolute atomic E-state index is 0.116. The first-order valence-electron chi connectivity index (χ1n) is 12.0. The second kappa shape index (κ2) is 13.1. The van der Waals surface area contributed by atoms with Gasteiger partial charge in [-0.2, -0.15) is 0 Å². The molecule has 204 valence electrons. The maximum atomic E-state index is 13.2. The Bertz CT molecular complexity index is 1400. The minimum atomic E-state index is -1.71. The Hall–Kier alpha value is -5.19. The maximum absolute atomic E-state index is 13.2. The maximum Gasteiger partial charge on any atom is 0.339 e. The Labute approximate surface area is 228 Å². The molecular formula is C28H23N3O9. The Balaban J connectivity index is 1.77. The van der Waals surface area contributed by atoms with Gasteiger partial charge in [-0.15, -0.1) is 0 Å². The van der Waals surface area contributed by atoms with Crippen molar-refractivity contribution in [2.45, 2.75) is 30.6 Å². The molecule has 4 rings (SSSR count). The lowest BCUT2D eigenvalue weighted by atomic mass is 9.96. The molecule has 1 aliphatic heterocycles. The lowest BCUT2D eigenvalue weighted by Gasteiger charge is -2.42. The van der Waals surface area contributed by atoms with E-state index in [1.165, 1.54) is 36.4 Å². The van der Waals surface area contributed by atoms with E-state index in [9.17, 15) is 24.7 Å². The smallest absolute Gasteiger partial charge is 0.339 e. The standard InChI is InChI=1S/C28H23N3O9/c1-36-28(35)23-21(39-26(33)18-13-7-3-8-14-18)20(38-25(32)17-11-5-2-6-12-17)22(24(37-23)30-31-29)40-27(34)19-15-9-4-10-16-19/h2-16,20-24H,1H3/t20-,21-,22+,23-,24+/m0/s1. The molecule has 3 aromatic rings. The van der Waals surface area contributed by atoms with Gasteiger partial charge in [0.25, 0.3) is 0 Å². The Morgan fingerprint density at radius 1 is 0.675 bits per heavy atom. The number of hydrogen-bond acceptors (Lipinski definition) is 10. The first-order chi connectivity index (χ1) is 19.4. The largest absolute Gasteiger partial charge is 0.467 e. The Kier molecular flexibility index (Phi) is 9.08. The van der Waals surface area contributed by atoms with Crippen molar-refractivity contribution in [2.24, 2.45) is 5.11 Å². The average Bonchev–Trinajstić information content (AvgIpc) is 3.00. The number of carbonyl (C=O) groups excluding carboxylic acids is 4. The van der Waals surface area contributed by atoms with Crippen LogP contribution in [0.15, 0.2) is 96.1 Å². The summed E-state index contributed by atoms with van der Waals surface area (Å²) in [6.45, 7) is 0. The highest BCUT2D eigenvalue weighted by Gasteiger charge is 2.55. The van der Waals surface area contributed by atoms with Gasteiger partial charge >= 0.3 is 23.9 Å². The second-order valence-electron chi connectivity index (χ2n) is 8.38. The molecule has 0 bridgehead atoms. The van der Waals surface area contributed by atoms with E-state index in [1.54, 1.807) is 54.6 Å². The molecule has 5 atom stereocenters. The highest BCUT2D eigenvalue weighted by Crippen LogP contribution is 2.32. The number of benzene rings is 3. The first-order valence-corrected chi connectivity index (χ1v) is 12.0. The van der Waals surface area contributed by atoms with Gasteiger partial charge in [0, 0.05) is 4.91 Å². The van der Waals surface area contributed by atoms with Crippen LogP contribution in [-0.2, 0) is 28.5 Å². The second-order valence-corrected chi connectivity index (χ2v) is 8.38. The first kappa shape index (κ1) is 27.8. The van der Waals surface area contributed by atoms with Gasteiger partial charge in [-0.05, 0) is 41.9 Å². The Morgan fingerprint density at radius 3 is 1.48 bits per heavy atom. The quantitative estimate of drug-likeness (QED) is 0.134. The summed E-state index contributed by atoms with van der Waals surface area (Å²) < 4.78 is 27.4. The monoisotopic (exact) mass is 545 g/mol. The third-order valence-corrected chi connectivity index (χ3v) is 5.87. The van der Waals surface area contributed by atoms with Gasteiger partial charge in [0.05, 0.1) is 23.8 Å². The van der Waals surface area contributed by atoms with Crippen LogP contribution >= 0.6 is 0 Å². The van der Waals surface area contributed by atoms with Gasteiger partial charge in [0.15, 0.2) is 30.6 Å². The molecule has 12 heteroatoms. The third-order valence-electron chi connectivity index (χ3n) is 5.87. The van der Waals surface area contributed by atoms with Crippen LogP contribution in [0.25, 0.3) is 10.4 Å². The fraction of sp³-hybridized carbons (Fsp3) is 0.214. The molecule has 0 amide bonds. The van der Waals surface area contributed by atoms with Crippen molar-refractivity contribution in [2.75, 3.05) is 7.11 Å². The van der Waals surface area contributed by atoms with Crippen LogP contribution in [0.4, 0.5) is 0 Å². The fourth-order valence-electron chi connectivity index (χ4n) is 3.96. The number of hydrogen-bond donors (Lipinski definition) is 0. The third kappa shape index (κ3) is 6.44. The van der Waals surface area contributed by atoms with Crippen molar-refractivity contribution in [3.63, 3.8) is 0 Å². The molecule has 1 aliphatic rings. The van der Waals surface area contributed by atoms with Gasteiger partial charge in [0.2, 0.25) is 0 Å². The van der Waals surface area contributed by atoms with E-state index < -0.39 is 54.5 Å². The van der Waals surface area contributed by atoms with Crippen molar-refractivity contribution < 1.29 is 42.9 Å². The lowest BCUT2D eigenvalue weighted by molar-refractivity contribution is -0.227. The van der Waals surface area contributed by atoms with E-state index in [-0.39, 0.29) is 16.7 Å². The van der Waals surface area contributed by atoms with Gasteiger partial charge < -0.3 is 23.7 Å². The number of esters is 4. The molecule has 0 radical (unpaired) electrons. The molecular weight excluding hydrogens is 522 g/mol. The van der Waals surface area contributed by atoms with Crippen LogP contribution in [0.2, 0.25) is 0 Å². The van der Waals surface area contributed by atoms with Crippen LogP contribution in [-0.4, -0.2) is 61.6 Å². The zero-order chi connectivity index (χ0) is 28.5. The molecule has 0 saturated carbocycles. The summed E-state index contributed by atoms with van der Waals surface area (Å²) in [5.41, 5.74) is 9.57. The van der Waals surface area contributed by atoms with E-state index in [0.717, 1.165) is 7.11 Å². The summed E-state index contributed by atoms with van der Waals surface area (Å²) >= 11 is 0. The van der Waals surface area contributed by atoms with E-state index >= 15 is 0 Å². The normalized spacial score (nSPS) is 21.7. The Morgan fingerprint density at radius 2 is 1.07 bits per heavy atom. The molecule has 0 spiro atoms. The SMILES string of the molecule is COC(=O)[C@H]1O[C@@H](N=[N+]=[N-])[C@H](OC(=O)c2ccccc2)[C@@H](OC(=O)c2ccccc2)[C@@H]1OC(=O)c1ccccc1. The zero-order valence-electron chi connectivity index (χ0n) is 21.1. The summed E-state index contributed by atoms with van der Waals surface area (Å²) in [6, 6.07) is 23.5. The van der Waals surface area contributed by atoms with E-state index in [0.29, 0.717) is 0 Å². The molecule has 0 N–H and O–H groups in total. The number of azide groups is 1.